The van der Waals surface area contributed by atoms with E-state index in [1.807, 2.05) is 0 Å². The van der Waals surface area contributed by atoms with Crippen molar-refractivity contribution in [3.8, 4) is 52.4 Å². The molecule has 14 heteroatoms. The SMILES string of the molecule is C=C(C)C(=O)O/C=C/Oc1ccc(CO/C=C/c2ccc(C#Cc3cc(OC(=O)C(=C)C)c(C#Cc4ccc(OCOC(=O)C(=C)C)cc4)c(OC(=O)C(=C)C)c3CCCF)cc2OC(=O)C(=C)C)cc1. The number of carbonyl (C=O) groups is 5. The smallest absolute Gasteiger partial charge is 0.338 e. The third kappa shape index (κ3) is 17.5. The number of hydrogen-bond donors (Lipinski definition) is 0. The maximum atomic E-state index is 13.9. The average Bonchev–Trinajstić information content (AvgIpc) is 3.33. The summed E-state index contributed by atoms with van der Waals surface area (Å²) in [6, 6.07) is 19.7. The molecule has 0 atom stereocenters. The van der Waals surface area contributed by atoms with Crippen molar-refractivity contribution in [1.82, 2.24) is 0 Å². The fourth-order valence-electron chi connectivity index (χ4n) is 5.39. The second kappa shape index (κ2) is 27.0. The van der Waals surface area contributed by atoms with Gasteiger partial charge in [-0.1, -0.05) is 68.7 Å². The van der Waals surface area contributed by atoms with Crippen LogP contribution in [0.3, 0.4) is 0 Å². The summed E-state index contributed by atoms with van der Waals surface area (Å²) in [5, 5.41) is 0. The van der Waals surface area contributed by atoms with E-state index in [0.29, 0.717) is 28.2 Å². The van der Waals surface area contributed by atoms with Crippen molar-refractivity contribution in [1.29, 1.82) is 0 Å². The van der Waals surface area contributed by atoms with Crippen molar-refractivity contribution >= 4 is 35.9 Å². The second-order valence-corrected chi connectivity index (χ2v) is 15.5. The molecule has 0 spiro atoms. The first-order chi connectivity index (χ1) is 33.9. The Morgan fingerprint density at radius 1 is 0.592 bits per heavy atom. The average molecular weight is 963 g/mol. The molecular formula is C57H51FO13. The minimum Gasteiger partial charge on any atom is -0.496 e. The number of rotatable bonds is 21. The predicted octanol–water partition coefficient (Wildman–Crippen LogP) is 10.4. The predicted molar refractivity (Wildman–Crippen MR) is 264 cm³/mol. The van der Waals surface area contributed by atoms with E-state index < -0.39 is 36.5 Å². The molecule has 0 saturated carbocycles. The number of hydrogen-bond acceptors (Lipinski definition) is 13. The van der Waals surface area contributed by atoms with Gasteiger partial charge in [-0.25, -0.2) is 24.0 Å². The van der Waals surface area contributed by atoms with E-state index in [2.05, 4.69) is 56.6 Å². The number of ether oxygens (including phenoxy) is 8. The van der Waals surface area contributed by atoms with E-state index in [-0.39, 0.29) is 88.0 Å². The van der Waals surface area contributed by atoms with Gasteiger partial charge in [-0.2, -0.15) is 0 Å². The van der Waals surface area contributed by atoms with E-state index in [4.69, 9.17) is 37.9 Å². The van der Waals surface area contributed by atoms with Gasteiger partial charge in [0.15, 0.2) is 11.5 Å². The number of esters is 5. The summed E-state index contributed by atoms with van der Waals surface area (Å²) in [7, 11) is 0. The summed E-state index contributed by atoms with van der Waals surface area (Å²) in [5.74, 6) is 9.20. The van der Waals surface area contributed by atoms with E-state index in [1.165, 1.54) is 59.3 Å². The molecule has 0 aliphatic carbocycles. The lowest BCUT2D eigenvalue weighted by Crippen LogP contribution is -2.15. The van der Waals surface area contributed by atoms with Crippen LogP contribution in [0.15, 0.2) is 152 Å². The highest BCUT2D eigenvalue weighted by atomic mass is 19.1. The molecule has 0 radical (unpaired) electrons. The zero-order chi connectivity index (χ0) is 52.0. The number of carbonyl (C=O) groups excluding carboxylic acids is 5. The topological polar surface area (TPSA) is 159 Å². The Balaban J connectivity index is 1.72. The zero-order valence-corrected chi connectivity index (χ0v) is 40.0. The van der Waals surface area contributed by atoms with Crippen LogP contribution >= 0.6 is 0 Å². The van der Waals surface area contributed by atoms with Crippen LogP contribution in [0.25, 0.3) is 6.08 Å². The lowest BCUT2D eigenvalue weighted by atomic mass is 9.96. The van der Waals surface area contributed by atoms with Crippen LogP contribution in [-0.4, -0.2) is 43.3 Å². The van der Waals surface area contributed by atoms with Gasteiger partial charge >= 0.3 is 29.8 Å². The van der Waals surface area contributed by atoms with Gasteiger partial charge in [-0.15, -0.1) is 0 Å². The van der Waals surface area contributed by atoms with Crippen LogP contribution in [0.4, 0.5) is 4.39 Å². The fourth-order valence-corrected chi connectivity index (χ4v) is 5.39. The highest BCUT2D eigenvalue weighted by Crippen LogP contribution is 2.37. The standard InChI is InChI=1S/C57H51FO13/c1-36(2)53(59)66-31-30-65-46-24-17-43(18-25-46)34-64-29-27-44-20-13-42(32-50(44)69-55(61)38(5)6)14-21-45-33-51(70-56(62)39(7)8)49(52(48(45)12-11-28-58)71-57(63)40(9)10)26-19-41-15-22-47(23-16-41)67-35-68-54(60)37(3)4/h13,15-18,20,22-25,27,29-33H,1,3,5,7,9,11-12,28,34-35H2,2,4,6,8,10H3/b29-27+,31-30+. The van der Waals surface area contributed by atoms with Crippen LogP contribution in [0.1, 0.15) is 80.0 Å². The maximum Gasteiger partial charge on any atom is 0.338 e. The molecular weight excluding hydrogens is 912 g/mol. The van der Waals surface area contributed by atoms with Gasteiger partial charge < -0.3 is 37.9 Å². The van der Waals surface area contributed by atoms with Gasteiger partial charge in [0, 0.05) is 55.7 Å². The molecule has 0 aliphatic heterocycles. The molecule has 0 aliphatic rings. The Bertz CT molecular complexity index is 2930. The first-order valence-corrected chi connectivity index (χ1v) is 21.5. The van der Waals surface area contributed by atoms with Crippen LogP contribution < -0.4 is 23.7 Å². The van der Waals surface area contributed by atoms with Crippen LogP contribution in [-0.2, 0) is 51.2 Å². The lowest BCUT2D eigenvalue weighted by Gasteiger charge is -2.17. The molecule has 0 unspecified atom stereocenters. The van der Waals surface area contributed by atoms with Gasteiger partial charge in [-0.05, 0) is 120 Å². The van der Waals surface area contributed by atoms with E-state index >= 15 is 0 Å². The van der Waals surface area contributed by atoms with Crippen molar-refractivity contribution < 1.29 is 66.3 Å². The summed E-state index contributed by atoms with van der Waals surface area (Å²) >= 11 is 0. The van der Waals surface area contributed by atoms with Crippen LogP contribution in [0.2, 0.25) is 0 Å². The lowest BCUT2D eigenvalue weighted by molar-refractivity contribution is -0.145. The Kier molecular flexibility index (Phi) is 20.7. The largest absolute Gasteiger partial charge is 0.496 e. The molecule has 13 nitrogen and oxygen atoms in total. The highest BCUT2D eigenvalue weighted by molar-refractivity contribution is 5.92. The molecule has 0 fully saturated rings. The van der Waals surface area contributed by atoms with Crippen LogP contribution in [0.5, 0.6) is 28.7 Å². The van der Waals surface area contributed by atoms with Crippen molar-refractivity contribution in [3.05, 3.63) is 191 Å². The number of alkyl halides is 1. The summed E-state index contributed by atoms with van der Waals surface area (Å²) in [5.41, 5.74) is 3.24. The molecule has 0 saturated heterocycles. The molecule has 71 heavy (non-hydrogen) atoms. The molecule has 4 aromatic carbocycles. The summed E-state index contributed by atoms with van der Waals surface area (Å²) in [6.07, 6.45) is 5.37. The van der Waals surface area contributed by atoms with Crippen molar-refractivity contribution in [2.24, 2.45) is 0 Å². The Labute approximate surface area is 412 Å². The minimum atomic E-state index is -0.833. The second-order valence-electron chi connectivity index (χ2n) is 15.5. The molecule has 4 aromatic rings. The van der Waals surface area contributed by atoms with Gasteiger partial charge in [0.05, 0.1) is 12.9 Å². The normalized spacial score (nSPS) is 10.3. The summed E-state index contributed by atoms with van der Waals surface area (Å²) in [6.45, 7) is 24.6. The van der Waals surface area contributed by atoms with Crippen molar-refractivity contribution in [2.75, 3.05) is 13.5 Å². The third-order valence-corrected chi connectivity index (χ3v) is 9.16. The van der Waals surface area contributed by atoms with Crippen LogP contribution in [0, 0.1) is 23.7 Å². The molecule has 4 rings (SSSR count). The molecule has 0 aromatic heterocycles. The van der Waals surface area contributed by atoms with Crippen molar-refractivity contribution in [2.45, 2.75) is 54.1 Å². The van der Waals surface area contributed by atoms with Gasteiger partial charge in [0.25, 0.3) is 0 Å². The van der Waals surface area contributed by atoms with Gasteiger partial charge in [0.1, 0.15) is 41.9 Å². The molecule has 0 heterocycles. The summed E-state index contributed by atoms with van der Waals surface area (Å²) < 4.78 is 57.8. The first-order valence-electron chi connectivity index (χ1n) is 21.5. The summed E-state index contributed by atoms with van der Waals surface area (Å²) in [4.78, 5) is 62.3. The van der Waals surface area contributed by atoms with Gasteiger partial charge in [0.2, 0.25) is 6.79 Å². The van der Waals surface area contributed by atoms with E-state index in [1.54, 1.807) is 66.7 Å². The minimum absolute atomic E-state index is 0.00891. The van der Waals surface area contributed by atoms with E-state index in [9.17, 15) is 28.4 Å². The molecule has 0 N–H and O–H groups in total. The Morgan fingerprint density at radius 2 is 1.17 bits per heavy atom. The third-order valence-electron chi connectivity index (χ3n) is 9.16. The number of benzene rings is 4. The molecule has 0 bridgehead atoms. The molecule has 364 valence electrons. The van der Waals surface area contributed by atoms with E-state index in [0.717, 1.165) is 11.8 Å². The zero-order valence-electron chi connectivity index (χ0n) is 40.0. The number of halogens is 1. The fraction of sp³-hybridized carbons (Fsp3) is 0.175. The maximum absolute atomic E-state index is 13.9. The highest BCUT2D eigenvalue weighted by Gasteiger charge is 2.24. The van der Waals surface area contributed by atoms with Crippen molar-refractivity contribution in [3.63, 3.8) is 0 Å². The Morgan fingerprint density at radius 3 is 1.79 bits per heavy atom. The monoisotopic (exact) mass is 962 g/mol. The molecule has 0 amide bonds. The Hall–Kier alpha value is -9.14. The quantitative estimate of drug-likeness (QED) is 0.0194. The first kappa shape index (κ1) is 54.5. The van der Waals surface area contributed by atoms with Gasteiger partial charge in [-0.3, -0.25) is 4.39 Å².